The Morgan fingerprint density at radius 2 is 1.50 bits per heavy atom. The van der Waals surface area contributed by atoms with Gasteiger partial charge in [0.1, 0.15) is 5.69 Å². The monoisotopic (exact) mass is 319 g/mol. The van der Waals surface area contributed by atoms with Crippen LogP contribution in [0.4, 0.5) is 0 Å². The summed E-state index contributed by atoms with van der Waals surface area (Å²) in [6, 6.07) is 19.3. The summed E-state index contributed by atoms with van der Waals surface area (Å²) in [6.07, 6.45) is 1.75. The van der Waals surface area contributed by atoms with Crippen molar-refractivity contribution in [3.8, 4) is 22.3 Å². The largest absolute Gasteiger partial charge is 0.460 e. The Balaban J connectivity index is 2.16. The van der Waals surface area contributed by atoms with E-state index in [1.807, 2.05) is 60.7 Å². The number of aromatic nitrogens is 1. The van der Waals surface area contributed by atoms with Gasteiger partial charge in [-0.2, -0.15) is 0 Å². The van der Waals surface area contributed by atoms with E-state index in [0.717, 1.165) is 16.7 Å². The Hall–Kier alpha value is -3.14. The molecule has 0 saturated heterocycles. The first-order chi connectivity index (χ1) is 11.7. The first-order valence-corrected chi connectivity index (χ1v) is 7.76. The fourth-order valence-electron chi connectivity index (χ4n) is 2.65. The minimum absolute atomic E-state index is 0.164. The number of rotatable bonds is 5. The molecule has 1 heterocycles. The van der Waals surface area contributed by atoms with Crippen molar-refractivity contribution < 1.29 is 14.3 Å². The molecule has 0 saturated carbocycles. The van der Waals surface area contributed by atoms with Gasteiger partial charge in [0.25, 0.3) is 5.78 Å². The Bertz CT molecular complexity index is 851. The first kappa shape index (κ1) is 15.7. The highest BCUT2D eigenvalue weighted by Crippen LogP contribution is 2.35. The minimum Gasteiger partial charge on any atom is -0.460 e. The summed E-state index contributed by atoms with van der Waals surface area (Å²) in [5, 5.41) is 0. The molecular weight excluding hydrogens is 302 g/mol. The summed E-state index contributed by atoms with van der Waals surface area (Å²) < 4.78 is 4.86. The molecule has 0 aliphatic heterocycles. The second-order valence-electron chi connectivity index (χ2n) is 5.23. The summed E-state index contributed by atoms with van der Waals surface area (Å²) >= 11 is 0. The molecule has 0 bridgehead atoms. The van der Waals surface area contributed by atoms with Crippen molar-refractivity contribution in [3.05, 3.63) is 72.6 Å². The Labute approximate surface area is 140 Å². The second-order valence-corrected chi connectivity index (χ2v) is 5.23. The highest BCUT2D eigenvalue weighted by atomic mass is 16.5. The number of benzene rings is 2. The maximum atomic E-state index is 12.5. The van der Waals surface area contributed by atoms with E-state index in [2.05, 4.69) is 4.98 Å². The number of H-pyrrole nitrogens is 1. The van der Waals surface area contributed by atoms with Gasteiger partial charge < -0.3 is 9.72 Å². The summed E-state index contributed by atoms with van der Waals surface area (Å²) in [6.45, 7) is 1.84. The van der Waals surface area contributed by atoms with Gasteiger partial charge in [-0.15, -0.1) is 0 Å². The molecule has 120 valence electrons. The molecule has 4 heteroatoms. The lowest BCUT2D eigenvalue weighted by atomic mass is 9.95. The van der Waals surface area contributed by atoms with Gasteiger partial charge >= 0.3 is 5.97 Å². The van der Waals surface area contributed by atoms with E-state index in [0.29, 0.717) is 5.56 Å². The van der Waals surface area contributed by atoms with Gasteiger partial charge in [-0.05, 0) is 18.1 Å². The lowest BCUT2D eigenvalue weighted by Gasteiger charge is -2.08. The topological polar surface area (TPSA) is 59.2 Å². The van der Waals surface area contributed by atoms with E-state index in [1.165, 1.54) is 0 Å². The number of Topliss-reactive ketones (excluding diaryl/α,β-unsaturated/α-hetero) is 1. The highest BCUT2D eigenvalue weighted by molar-refractivity contribution is 6.41. The van der Waals surface area contributed by atoms with Crippen molar-refractivity contribution in [1.29, 1.82) is 0 Å². The number of nitrogens with one attached hydrogen (secondary N) is 1. The molecule has 0 spiro atoms. The van der Waals surface area contributed by atoms with Crippen molar-refractivity contribution in [2.75, 3.05) is 6.61 Å². The number of carbonyl (C=O) groups is 2. The normalized spacial score (nSPS) is 10.4. The SMILES string of the molecule is CCOC(=O)C(=O)c1[nH]cc(-c2ccccc2)c1-c1ccccc1. The minimum atomic E-state index is -0.851. The van der Waals surface area contributed by atoms with Crippen LogP contribution in [0.5, 0.6) is 0 Å². The summed E-state index contributed by atoms with van der Waals surface area (Å²) in [4.78, 5) is 27.3. The van der Waals surface area contributed by atoms with E-state index >= 15 is 0 Å². The number of hydrogen-bond acceptors (Lipinski definition) is 3. The first-order valence-electron chi connectivity index (χ1n) is 7.76. The van der Waals surface area contributed by atoms with Crippen LogP contribution in [0.3, 0.4) is 0 Å². The summed E-state index contributed by atoms with van der Waals surface area (Å²) in [5.74, 6) is -1.52. The zero-order valence-electron chi connectivity index (χ0n) is 13.3. The van der Waals surface area contributed by atoms with Crippen molar-refractivity contribution >= 4 is 11.8 Å². The zero-order chi connectivity index (χ0) is 16.9. The second kappa shape index (κ2) is 6.96. The van der Waals surface area contributed by atoms with Crippen LogP contribution < -0.4 is 0 Å². The van der Waals surface area contributed by atoms with E-state index in [4.69, 9.17) is 4.74 Å². The molecule has 1 N–H and O–H groups in total. The van der Waals surface area contributed by atoms with Crippen molar-refractivity contribution in [3.63, 3.8) is 0 Å². The van der Waals surface area contributed by atoms with Gasteiger partial charge in [-0.25, -0.2) is 4.79 Å². The third-order valence-electron chi connectivity index (χ3n) is 3.72. The number of ether oxygens (including phenoxy) is 1. The van der Waals surface area contributed by atoms with Crippen molar-refractivity contribution in [2.24, 2.45) is 0 Å². The van der Waals surface area contributed by atoms with E-state index in [9.17, 15) is 9.59 Å². The zero-order valence-corrected chi connectivity index (χ0v) is 13.3. The molecule has 0 unspecified atom stereocenters. The molecule has 2 aromatic carbocycles. The molecule has 0 aliphatic rings. The Kier molecular flexibility index (Phi) is 4.57. The molecule has 0 atom stereocenters. The van der Waals surface area contributed by atoms with Gasteiger partial charge in [0.15, 0.2) is 0 Å². The van der Waals surface area contributed by atoms with E-state index in [1.54, 1.807) is 13.1 Å². The fraction of sp³-hybridized carbons (Fsp3) is 0.100. The van der Waals surface area contributed by atoms with Gasteiger partial charge in [0, 0.05) is 17.3 Å². The van der Waals surface area contributed by atoms with Crippen LogP contribution in [0.1, 0.15) is 17.4 Å². The van der Waals surface area contributed by atoms with Crippen LogP contribution in [-0.4, -0.2) is 23.3 Å². The fourth-order valence-corrected chi connectivity index (χ4v) is 2.65. The molecule has 0 amide bonds. The maximum Gasteiger partial charge on any atom is 0.381 e. The van der Waals surface area contributed by atoms with Gasteiger partial charge in [-0.3, -0.25) is 4.79 Å². The van der Waals surface area contributed by atoms with Crippen LogP contribution in [0, 0.1) is 0 Å². The molecule has 24 heavy (non-hydrogen) atoms. The number of hydrogen-bond donors (Lipinski definition) is 1. The summed E-state index contributed by atoms with van der Waals surface area (Å²) in [7, 11) is 0. The maximum absolute atomic E-state index is 12.5. The predicted octanol–water partition coefficient (Wildman–Crippen LogP) is 4.09. The van der Waals surface area contributed by atoms with Gasteiger partial charge in [-0.1, -0.05) is 60.7 Å². The average Bonchev–Trinajstić information content (AvgIpc) is 3.07. The van der Waals surface area contributed by atoms with Crippen molar-refractivity contribution in [2.45, 2.75) is 6.92 Å². The molecule has 1 aromatic heterocycles. The van der Waals surface area contributed by atoms with E-state index < -0.39 is 11.8 Å². The van der Waals surface area contributed by atoms with Crippen LogP contribution in [0.25, 0.3) is 22.3 Å². The van der Waals surface area contributed by atoms with Gasteiger partial charge in [0.2, 0.25) is 0 Å². The molecular formula is C20H17NO3. The number of aromatic amines is 1. The molecule has 0 fully saturated rings. The highest BCUT2D eigenvalue weighted by Gasteiger charge is 2.25. The number of esters is 1. The quantitative estimate of drug-likeness (QED) is 0.438. The average molecular weight is 319 g/mol. The van der Waals surface area contributed by atoms with E-state index in [-0.39, 0.29) is 12.3 Å². The Morgan fingerprint density at radius 1 is 0.917 bits per heavy atom. The van der Waals surface area contributed by atoms with Crippen LogP contribution in [0.2, 0.25) is 0 Å². The lowest BCUT2D eigenvalue weighted by Crippen LogP contribution is -2.18. The molecule has 0 aliphatic carbocycles. The standard InChI is InChI=1S/C20H17NO3/c1-2-24-20(23)19(22)18-17(15-11-7-4-8-12-15)16(13-21-18)14-9-5-3-6-10-14/h3-13,21H,2H2,1H3. The van der Waals surface area contributed by atoms with Crippen LogP contribution >= 0.6 is 0 Å². The lowest BCUT2D eigenvalue weighted by molar-refractivity contribution is -0.137. The predicted molar refractivity (Wildman–Crippen MR) is 92.6 cm³/mol. The summed E-state index contributed by atoms with van der Waals surface area (Å²) in [5.41, 5.74) is 3.66. The smallest absolute Gasteiger partial charge is 0.381 e. The third kappa shape index (κ3) is 2.99. The van der Waals surface area contributed by atoms with Crippen molar-refractivity contribution in [1.82, 2.24) is 4.98 Å². The molecule has 0 radical (unpaired) electrons. The van der Waals surface area contributed by atoms with Gasteiger partial charge in [0.05, 0.1) is 6.61 Å². The molecule has 3 aromatic rings. The molecule has 3 rings (SSSR count). The van der Waals surface area contributed by atoms with Crippen LogP contribution in [0.15, 0.2) is 66.9 Å². The number of carbonyl (C=O) groups excluding carboxylic acids is 2. The Morgan fingerprint density at radius 3 is 2.08 bits per heavy atom. The third-order valence-corrected chi connectivity index (χ3v) is 3.72. The molecule has 4 nitrogen and oxygen atoms in total. The van der Waals surface area contributed by atoms with Crippen LogP contribution in [-0.2, 0) is 9.53 Å². The number of ketones is 1.